The van der Waals surface area contributed by atoms with Crippen molar-refractivity contribution in [1.29, 1.82) is 5.26 Å². The Balaban J connectivity index is 2.06. The Morgan fingerprint density at radius 2 is 2.25 bits per heavy atom. The highest BCUT2D eigenvalue weighted by atomic mass is 35.5. The second-order valence-electron chi connectivity index (χ2n) is 3.65. The average molecular weight is 258 g/mol. The normalized spacial score (nSPS) is 17.4. The minimum atomic E-state index is 0.329. The molecule has 16 heavy (non-hydrogen) atoms. The van der Waals surface area contributed by atoms with Crippen molar-refractivity contribution in [3.8, 4) is 6.07 Å². The van der Waals surface area contributed by atoms with Crippen LogP contribution >= 0.6 is 22.9 Å². The number of thiazole rings is 1. The molecule has 4 nitrogen and oxygen atoms in total. The van der Waals surface area contributed by atoms with E-state index in [0.717, 1.165) is 31.1 Å². The van der Waals surface area contributed by atoms with Crippen LogP contribution in [-0.4, -0.2) is 31.3 Å². The molecule has 0 radical (unpaired) electrons. The smallest absolute Gasteiger partial charge is 0.188 e. The number of ether oxygens (including phenoxy) is 1. The number of nitrogens with zero attached hydrogens (tertiary/aromatic N) is 3. The van der Waals surface area contributed by atoms with Crippen LogP contribution < -0.4 is 4.90 Å². The first-order valence-electron chi connectivity index (χ1n) is 5.08. The summed E-state index contributed by atoms with van der Waals surface area (Å²) in [6, 6.07) is 1.99. The summed E-state index contributed by atoms with van der Waals surface area (Å²) in [5.41, 5.74) is 0.329. The molecule has 0 atom stereocenters. The lowest BCUT2D eigenvalue weighted by atomic mass is 10.1. The molecule has 1 aromatic heterocycles. The fourth-order valence-corrected chi connectivity index (χ4v) is 2.87. The molecule has 2 heterocycles. The third-order valence-electron chi connectivity index (χ3n) is 2.73. The quantitative estimate of drug-likeness (QED) is 0.816. The van der Waals surface area contributed by atoms with Crippen molar-refractivity contribution >= 4 is 28.1 Å². The molecule has 0 unspecified atom stereocenters. The van der Waals surface area contributed by atoms with E-state index in [1.807, 2.05) is 6.07 Å². The molecule has 0 aliphatic carbocycles. The fourth-order valence-electron chi connectivity index (χ4n) is 1.78. The van der Waals surface area contributed by atoms with E-state index >= 15 is 0 Å². The maximum atomic E-state index is 8.78. The SMILES string of the molecule is COC1CCN(c2nc(C#N)c(Cl)s2)CC1. The number of anilines is 1. The Morgan fingerprint density at radius 3 is 2.75 bits per heavy atom. The largest absolute Gasteiger partial charge is 0.381 e. The Hall–Kier alpha value is -0.830. The van der Waals surface area contributed by atoms with E-state index in [2.05, 4.69) is 9.88 Å². The minimum absolute atomic E-state index is 0.329. The van der Waals surface area contributed by atoms with Crippen LogP contribution in [0.15, 0.2) is 0 Å². The van der Waals surface area contributed by atoms with Crippen molar-refractivity contribution in [3.05, 3.63) is 10.0 Å². The van der Waals surface area contributed by atoms with Gasteiger partial charge in [0.15, 0.2) is 10.8 Å². The zero-order valence-corrected chi connectivity index (χ0v) is 10.5. The van der Waals surface area contributed by atoms with E-state index in [4.69, 9.17) is 21.6 Å². The molecule has 1 fully saturated rings. The Labute approximate surface area is 103 Å². The lowest BCUT2D eigenvalue weighted by Crippen LogP contribution is -2.36. The summed E-state index contributed by atoms with van der Waals surface area (Å²) in [4.78, 5) is 6.37. The van der Waals surface area contributed by atoms with Crippen molar-refractivity contribution in [1.82, 2.24) is 4.98 Å². The van der Waals surface area contributed by atoms with Gasteiger partial charge in [0.05, 0.1) is 6.10 Å². The summed E-state index contributed by atoms with van der Waals surface area (Å²) < 4.78 is 5.78. The van der Waals surface area contributed by atoms with Gasteiger partial charge in [0.25, 0.3) is 0 Å². The Morgan fingerprint density at radius 1 is 1.56 bits per heavy atom. The third-order valence-corrected chi connectivity index (χ3v) is 4.04. The molecule has 86 valence electrons. The molecule has 0 amide bonds. The second-order valence-corrected chi connectivity index (χ2v) is 5.23. The fraction of sp³-hybridized carbons (Fsp3) is 0.600. The maximum absolute atomic E-state index is 8.78. The van der Waals surface area contributed by atoms with Crippen LogP contribution in [0.25, 0.3) is 0 Å². The monoisotopic (exact) mass is 257 g/mol. The van der Waals surface area contributed by atoms with Gasteiger partial charge in [-0.15, -0.1) is 0 Å². The number of nitriles is 1. The predicted octanol–water partition coefficient (Wildman–Crippen LogP) is 2.28. The van der Waals surface area contributed by atoms with Gasteiger partial charge in [0.1, 0.15) is 10.4 Å². The number of halogens is 1. The van der Waals surface area contributed by atoms with Gasteiger partial charge in [-0.05, 0) is 12.8 Å². The van der Waals surface area contributed by atoms with E-state index < -0.39 is 0 Å². The number of piperidine rings is 1. The number of rotatable bonds is 2. The van der Waals surface area contributed by atoms with Crippen LogP contribution in [0, 0.1) is 11.3 Å². The Bertz CT molecular complexity index is 407. The first-order valence-corrected chi connectivity index (χ1v) is 6.28. The van der Waals surface area contributed by atoms with Crippen LogP contribution in [-0.2, 0) is 4.74 Å². The van der Waals surface area contributed by atoms with Crippen molar-refractivity contribution in [3.63, 3.8) is 0 Å². The summed E-state index contributed by atoms with van der Waals surface area (Å²) in [7, 11) is 1.74. The van der Waals surface area contributed by atoms with Gasteiger partial charge in [-0.3, -0.25) is 0 Å². The summed E-state index contributed by atoms with van der Waals surface area (Å²) in [5, 5.41) is 9.63. The van der Waals surface area contributed by atoms with E-state index in [1.54, 1.807) is 7.11 Å². The lowest BCUT2D eigenvalue weighted by molar-refractivity contribution is 0.0819. The molecule has 0 N–H and O–H groups in total. The zero-order chi connectivity index (χ0) is 11.5. The third kappa shape index (κ3) is 2.29. The lowest BCUT2D eigenvalue weighted by Gasteiger charge is -2.30. The van der Waals surface area contributed by atoms with Gasteiger partial charge in [0.2, 0.25) is 0 Å². The van der Waals surface area contributed by atoms with Crippen molar-refractivity contribution < 1.29 is 4.74 Å². The van der Waals surface area contributed by atoms with E-state index in [9.17, 15) is 0 Å². The van der Waals surface area contributed by atoms with Crippen LogP contribution in [0.2, 0.25) is 4.34 Å². The first kappa shape index (κ1) is 11.6. The Kier molecular flexibility index (Phi) is 3.64. The highest BCUT2D eigenvalue weighted by molar-refractivity contribution is 7.19. The number of methoxy groups -OCH3 is 1. The second kappa shape index (κ2) is 5.00. The molecule has 1 aromatic rings. The summed E-state index contributed by atoms with van der Waals surface area (Å²) in [6.07, 6.45) is 2.34. The van der Waals surface area contributed by atoms with E-state index in [1.165, 1.54) is 11.3 Å². The van der Waals surface area contributed by atoms with Gasteiger partial charge in [-0.1, -0.05) is 22.9 Å². The average Bonchev–Trinajstić information content (AvgIpc) is 2.71. The van der Waals surface area contributed by atoms with Gasteiger partial charge in [-0.2, -0.15) is 5.26 Å². The first-order chi connectivity index (χ1) is 7.74. The molecule has 0 bridgehead atoms. The van der Waals surface area contributed by atoms with Crippen LogP contribution in [0.5, 0.6) is 0 Å². The zero-order valence-electron chi connectivity index (χ0n) is 8.94. The van der Waals surface area contributed by atoms with Gasteiger partial charge >= 0.3 is 0 Å². The number of aromatic nitrogens is 1. The number of hydrogen-bond donors (Lipinski definition) is 0. The summed E-state index contributed by atoms with van der Waals surface area (Å²) in [6.45, 7) is 1.82. The summed E-state index contributed by atoms with van der Waals surface area (Å²) in [5.74, 6) is 0. The predicted molar refractivity (Wildman–Crippen MR) is 64.1 cm³/mol. The molecule has 1 saturated heterocycles. The molecule has 2 rings (SSSR count). The van der Waals surface area contributed by atoms with Gasteiger partial charge < -0.3 is 9.64 Å². The van der Waals surface area contributed by atoms with Crippen LogP contribution in [0.1, 0.15) is 18.5 Å². The molecule has 6 heteroatoms. The van der Waals surface area contributed by atoms with Crippen LogP contribution in [0.4, 0.5) is 5.13 Å². The maximum Gasteiger partial charge on any atom is 0.188 e. The molecule has 1 aliphatic rings. The molecular weight excluding hydrogens is 246 g/mol. The number of hydrogen-bond acceptors (Lipinski definition) is 5. The van der Waals surface area contributed by atoms with Crippen LogP contribution in [0.3, 0.4) is 0 Å². The standard InChI is InChI=1S/C10H12ClN3OS/c1-15-7-2-4-14(5-3-7)10-13-8(6-12)9(11)16-10/h7H,2-5H2,1H3. The van der Waals surface area contributed by atoms with E-state index in [0.29, 0.717) is 16.1 Å². The van der Waals surface area contributed by atoms with Crippen molar-refractivity contribution in [2.24, 2.45) is 0 Å². The van der Waals surface area contributed by atoms with Crippen molar-refractivity contribution in [2.75, 3.05) is 25.1 Å². The summed E-state index contributed by atoms with van der Waals surface area (Å²) >= 11 is 7.27. The highest BCUT2D eigenvalue weighted by Gasteiger charge is 2.22. The highest BCUT2D eigenvalue weighted by Crippen LogP contribution is 2.31. The van der Waals surface area contributed by atoms with Gasteiger partial charge in [0, 0.05) is 20.2 Å². The van der Waals surface area contributed by atoms with Crippen molar-refractivity contribution in [2.45, 2.75) is 18.9 Å². The molecular formula is C10H12ClN3OS. The molecule has 1 aliphatic heterocycles. The molecule has 0 saturated carbocycles. The topological polar surface area (TPSA) is 49.1 Å². The minimum Gasteiger partial charge on any atom is -0.381 e. The van der Waals surface area contributed by atoms with Gasteiger partial charge in [-0.25, -0.2) is 4.98 Å². The molecule has 0 aromatic carbocycles. The van der Waals surface area contributed by atoms with E-state index in [-0.39, 0.29) is 0 Å². The molecule has 0 spiro atoms.